The second-order valence-electron chi connectivity index (χ2n) is 8.00. The Balaban J connectivity index is 1.37. The summed E-state index contributed by atoms with van der Waals surface area (Å²) in [6.07, 6.45) is 3.49. The van der Waals surface area contributed by atoms with Gasteiger partial charge in [-0.3, -0.25) is 4.79 Å². The van der Waals surface area contributed by atoms with E-state index in [0.29, 0.717) is 33.6 Å². The number of hydrogen-bond donors (Lipinski definition) is 1. The van der Waals surface area contributed by atoms with Crippen LogP contribution in [0.25, 0.3) is 27.6 Å². The summed E-state index contributed by atoms with van der Waals surface area (Å²) >= 11 is 1.41. The highest BCUT2D eigenvalue weighted by molar-refractivity contribution is 7.16. The lowest BCUT2D eigenvalue weighted by Gasteiger charge is -2.11. The predicted octanol–water partition coefficient (Wildman–Crippen LogP) is 4.63. The fraction of sp³-hybridized carbons (Fsp3) is 0.192. The highest BCUT2D eigenvalue weighted by Gasteiger charge is 2.12. The molecule has 10 heteroatoms. The standard InChI is InChI=1S/C26H22N6O3S/c1-3-6-23-31-32-24(33)13-18(28-26(32)36-23)15-35-21-10-9-16(12-22(21)34-2)11-17(14-27)25-29-19-7-4-5-8-20(19)30-25/h4-5,7-13H,3,6,15H2,1-2H3,(H,29,30). The lowest BCUT2D eigenvalue weighted by molar-refractivity contribution is 0.280. The van der Waals surface area contributed by atoms with Crippen molar-refractivity contribution in [2.24, 2.45) is 0 Å². The molecule has 0 unspecified atom stereocenters. The van der Waals surface area contributed by atoms with Gasteiger partial charge < -0.3 is 14.5 Å². The summed E-state index contributed by atoms with van der Waals surface area (Å²) in [4.78, 5) is 25.2. The zero-order valence-corrected chi connectivity index (χ0v) is 20.5. The molecular weight excluding hydrogens is 476 g/mol. The van der Waals surface area contributed by atoms with Crippen LogP contribution in [0, 0.1) is 11.3 Å². The van der Waals surface area contributed by atoms with Gasteiger partial charge in [0.25, 0.3) is 5.56 Å². The molecule has 0 saturated heterocycles. The first-order valence-corrected chi connectivity index (χ1v) is 12.2. The Morgan fingerprint density at radius 1 is 1.19 bits per heavy atom. The third-order valence-electron chi connectivity index (χ3n) is 5.44. The average molecular weight is 499 g/mol. The minimum absolute atomic E-state index is 0.0979. The van der Waals surface area contributed by atoms with Gasteiger partial charge in [0, 0.05) is 12.5 Å². The Morgan fingerprint density at radius 2 is 2.06 bits per heavy atom. The van der Waals surface area contributed by atoms with Gasteiger partial charge >= 0.3 is 0 Å². The van der Waals surface area contributed by atoms with E-state index in [1.54, 1.807) is 25.3 Å². The topological polar surface area (TPSA) is 118 Å². The Morgan fingerprint density at radius 3 is 2.83 bits per heavy atom. The lowest BCUT2D eigenvalue weighted by atomic mass is 10.1. The first kappa shape index (κ1) is 23.3. The summed E-state index contributed by atoms with van der Waals surface area (Å²) < 4.78 is 12.8. The number of aryl methyl sites for hydroxylation is 1. The maximum absolute atomic E-state index is 12.4. The number of ether oxygens (including phenoxy) is 2. The van der Waals surface area contributed by atoms with E-state index in [4.69, 9.17) is 9.47 Å². The molecular formula is C26H22N6O3S. The molecule has 0 fully saturated rings. The summed E-state index contributed by atoms with van der Waals surface area (Å²) in [6, 6.07) is 16.6. The Bertz CT molecular complexity index is 1660. The number of rotatable bonds is 8. The van der Waals surface area contributed by atoms with Gasteiger partial charge in [-0.25, -0.2) is 9.97 Å². The van der Waals surface area contributed by atoms with Crippen LogP contribution in [0.1, 0.15) is 35.4 Å². The summed E-state index contributed by atoms with van der Waals surface area (Å²) in [5, 5.41) is 14.9. The van der Waals surface area contributed by atoms with E-state index in [1.165, 1.54) is 21.9 Å². The van der Waals surface area contributed by atoms with Gasteiger partial charge in [-0.1, -0.05) is 36.5 Å². The first-order chi connectivity index (χ1) is 17.6. The van der Waals surface area contributed by atoms with Crippen LogP contribution in [-0.4, -0.2) is 31.7 Å². The second-order valence-corrected chi connectivity index (χ2v) is 9.04. The average Bonchev–Trinajstić information content (AvgIpc) is 3.50. The van der Waals surface area contributed by atoms with Crippen molar-refractivity contribution >= 4 is 39.0 Å². The van der Waals surface area contributed by atoms with E-state index >= 15 is 0 Å². The number of nitrogens with one attached hydrogen (secondary N) is 1. The quantitative estimate of drug-likeness (QED) is 0.310. The van der Waals surface area contributed by atoms with Gasteiger partial charge in [0.1, 0.15) is 23.5 Å². The van der Waals surface area contributed by atoms with Gasteiger partial charge in [-0.2, -0.15) is 14.9 Å². The molecule has 0 aliphatic heterocycles. The minimum Gasteiger partial charge on any atom is -0.493 e. The molecule has 0 aliphatic rings. The molecule has 5 aromatic rings. The molecule has 0 aliphatic carbocycles. The summed E-state index contributed by atoms with van der Waals surface area (Å²) in [7, 11) is 1.55. The molecule has 2 aromatic carbocycles. The number of methoxy groups -OCH3 is 1. The van der Waals surface area contributed by atoms with Crippen LogP contribution in [0.2, 0.25) is 0 Å². The van der Waals surface area contributed by atoms with Crippen molar-refractivity contribution < 1.29 is 9.47 Å². The molecule has 0 spiro atoms. The molecule has 0 amide bonds. The SMILES string of the molecule is CCCc1nn2c(=O)cc(COc3ccc(C=C(C#N)c4nc5ccccc5[nH]4)cc3OC)nc2s1. The Hall–Kier alpha value is -4.49. The number of hydrogen-bond acceptors (Lipinski definition) is 8. The van der Waals surface area contributed by atoms with Crippen LogP contribution in [0.5, 0.6) is 11.5 Å². The minimum atomic E-state index is -0.237. The van der Waals surface area contributed by atoms with Crippen molar-refractivity contribution in [3.05, 3.63) is 81.0 Å². The van der Waals surface area contributed by atoms with Crippen molar-refractivity contribution in [1.29, 1.82) is 5.26 Å². The zero-order valence-electron chi connectivity index (χ0n) is 19.7. The Kier molecular flexibility index (Phi) is 6.47. The highest BCUT2D eigenvalue weighted by atomic mass is 32.1. The van der Waals surface area contributed by atoms with Crippen molar-refractivity contribution in [2.75, 3.05) is 7.11 Å². The van der Waals surface area contributed by atoms with E-state index in [1.807, 2.05) is 30.3 Å². The fourth-order valence-corrected chi connectivity index (χ4v) is 4.75. The smallest absolute Gasteiger partial charge is 0.275 e. The number of nitrogens with zero attached hydrogens (tertiary/aromatic N) is 5. The van der Waals surface area contributed by atoms with Crippen LogP contribution in [0.4, 0.5) is 0 Å². The van der Waals surface area contributed by atoms with Crippen molar-refractivity contribution in [3.63, 3.8) is 0 Å². The summed E-state index contributed by atoms with van der Waals surface area (Å²) in [5.74, 6) is 1.48. The van der Waals surface area contributed by atoms with E-state index in [9.17, 15) is 10.1 Å². The molecule has 0 saturated carbocycles. The maximum atomic E-state index is 12.4. The number of nitriles is 1. The third-order valence-corrected chi connectivity index (χ3v) is 6.41. The molecule has 180 valence electrons. The van der Waals surface area contributed by atoms with Gasteiger partial charge in [0.05, 0.1) is 29.4 Å². The molecule has 3 aromatic heterocycles. The van der Waals surface area contributed by atoms with Crippen molar-refractivity contribution in [1.82, 2.24) is 24.6 Å². The molecule has 5 rings (SSSR count). The number of para-hydroxylation sites is 2. The van der Waals surface area contributed by atoms with E-state index in [0.717, 1.165) is 34.4 Å². The summed E-state index contributed by atoms with van der Waals surface area (Å²) in [6.45, 7) is 2.16. The van der Waals surface area contributed by atoms with Crippen molar-refractivity contribution in [3.8, 4) is 17.6 Å². The van der Waals surface area contributed by atoms with Crippen molar-refractivity contribution in [2.45, 2.75) is 26.4 Å². The number of allylic oxidation sites excluding steroid dienone is 1. The van der Waals surface area contributed by atoms with Crippen LogP contribution >= 0.6 is 11.3 Å². The van der Waals surface area contributed by atoms with Gasteiger partial charge in [0.2, 0.25) is 4.96 Å². The van der Waals surface area contributed by atoms with Crippen LogP contribution in [0.15, 0.2) is 53.3 Å². The molecule has 1 N–H and O–H groups in total. The maximum Gasteiger partial charge on any atom is 0.275 e. The predicted molar refractivity (Wildman–Crippen MR) is 138 cm³/mol. The first-order valence-electron chi connectivity index (χ1n) is 11.3. The zero-order chi connectivity index (χ0) is 25.1. The van der Waals surface area contributed by atoms with Crippen LogP contribution in [-0.2, 0) is 13.0 Å². The number of aromatic amines is 1. The third kappa shape index (κ3) is 4.69. The monoisotopic (exact) mass is 498 g/mol. The number of H-pyrrole nitrogens is 1. The lowest BCUT2D eigenvalue weighted by Crippen LogP contribution is -2.16. The molecule has 0 bridgehead atoms. The van der Waals surface area contributed by atoms with Gasteiger partial charge in [0.15, 0.2) is 11.5 Å². The van der Waals surface area contributed by atoms with E-state index in [2.05, 4.69) is 33.0 Å². The van der Waals surface area contributed by atoms with Crippen LogP contribution in [0.3, 0.4) is 0 Å². The molecule has 36 heavy (non-hydrogen) atoms. The summed E-state index contributed by atoms with van der Waals surface area (Å²) in [5.41, 5.74) is 3.07. The van der Waals surface area contributed by atoms with Gasteiger partial charge in [-0.05, 0) is 42.3 Å². The fourth-order valence-electron chi connectivity index (χ4n) is 3.73. The molecule has 9 nitrogen and oxygen atoms in total. The van der Waals surface area contributed by atoms with Crippen LogP contribution < -0.4 is 15.0 Å². The second kappa shape index (κ2) is 10.0. The van der Waals surface area contributed by atoms with E-state index in [-0.39, 0.29) is 12.2 Å². The number of fused-ring (bicyclic) bond motifs is 2. The number of aromatic nitrogens is 5. The highest BCUT2D eigenvalue weighted by Crippen LogP contribution is 2.30. The molecule has 0 atom stereocenters. The van der Waals surface area contributed by atoms with Gasteiger partial charge in [-0.15, -0.1) is 0 Å². The number of benzene rings is 2. The largest absolute Gasteiger partial charge is 0.493 e. The van der Waals surface area contributed by atoms with E-state index < -0.39 is 0 Å². The normalized spacial score (nSPS) is 11.6. The molecule has 3 heterocycles. The molecule has 0 radical (unpaired) electrons. The number of imidazole rings is 1. The Labute approximate surface area is 210 Å².